The molecule has 3 heteroatoms. The van der Waals surface area contributed by atoms with E-state index in [1.54, 1.807) is 12.1 Å². The Balaban J connectivity index is 1.30. The molecule has 4 aromatic rings. The Labute approximate surface area is 191 Å². The molecule has 0 amide bonds. The van der Waals surface area contributed by atoms with Gasteiger partial charge >= 0.3 is 0 Å². The highest BCUT2D eigenvalue weighted by atomic mass is 16.3. The number of aromatic nitrogens is 1. The van der Waals surface area contributed by atoms with Crippen LogP contribution in [0.3, 0.4) is 0 Å². The SMILES string of the molecule is Cc1cc(C)cc(-c2[nH]c3ccccc3c2CCNCCCCCc2ccc(O)cc2)c1. The zero-order valence-electron chi connectivity index (χ0n) is 19.2. The lowest BCUT2D eigenvalue weighted by Crippen LogP contribution is -2.18. The Morgan fingerprint density at radius 3 is 2.31 bits per heavy atom. The van der Waals surface area contributed by atoms with E-state index in [2.05, 4.69) is 66.6 Å². The minimum absolute atomic E-state index is 0.342. The van der Waals surface area contributed by atoms with Gasteiger partial charge in [0.1, 0.15) is 5.75 Å². The van der Waals surface area contributed by atoms with Crippen LogP contribution < -0.4 is 5.32 Å². The Hall–Kier alpha value is -3.04. The number of hydrogen-bond donors (Lipinski definition) is 3. The molecule has 3 aromatic carbocycles. The molecule has 4 rings (SSSR count). The number of nitrogens with one attached hydrogen (secondary N) is 2. The third kappa shape index (κ3) is 5.60. The van der Waals surface area contributed by atoms with Crippen molar-refractivity contribution in [3.8, 4) is 17.0 Å². The van der Waals surface area contributed by atoms with Crippen LogP contribution in [0.15, 0.2) is 66.7 Å². The number of aromatic amines is 1. The lowest BCUT2D eigenvalue weighted by Gasteiger charge is -2.09. The van der Waals surface area contributed by atoms with E-state index in [9.17, 15) is 5.11 Å². The molecule has 0 aliphatic carbocycles. The second-order valence-electron chi connectivity index (χ2n) is 8.88. The normalized spacial score (nSPS) is 11.3. The molecule has 32 heavy (non-hydrogen) atoms. The van der Waals surface area contributed by atoms with Gasteiger partial charge in [-0.15, -0.1) is 0 Å². The fourth-order valence-corrected chi connectivity index (χ4v) is 4.58. The number of phenols is 1. The van der Waals surface area contributed by atoms with Crippen molar-refractivity contribution in [2.45, 2.75) is 46.0 Å². The third-order valence-corrected chi connectivity index (χ3v) is 6.13. The maximum Gasteiger partial charge on any atom is 0.115 e. The highest BCUT2D eigenvalue weighted by Gasteiger charge is 2.13. The van der Waals surface area contributed by atoms with Crippen molar-refractivity contribution in [2.24, 2.45) is 0 Å². The highest BCUT2D eigenvalue weighted by molar-refractivity contribution is 5.91. The van der Waals surface area contributed by atoms with E-state index in [0.29, 0.717) is 5.75 Å². The number of rotatable bonds is 10. The molecule has 0 spiro atoms. The molecule has 1 aromatic heterocycles. The topological polar surface area (TPSA) is 48.0 Å². The van der Waals surface area contributed by atoms with Gasteiger partial charge in [0, 0.05) is 16.6 Å². The smallest absolute Gasteiger partial charge is 0.115 e. The summed E-state index contributed by atoms with van der Waals surface area (Å²) in [5, 5.41) is 14.4. The van der Waals surface area contributed by atoms with Crippen molar-refractivity contribution >= 4 is 10.9 Å². The number of benzene rings is 3. The molecule has 0 saturated carbocycles. The average Bonchev–Trinajstić information content (AvgIpc) is 3.15. The molecule has 0 atom stereocenters. The van der Waals surface area contributed by atoms with Gasteiger partial charge in [-0.05, 0) is 99.6 Å². The van der Waals surface area contributed by atoms with Crippen LogP contribution in [0.25, 0.3) is 22.2 Å². The second kappa shape index (κ2) is 10.5. The van der Waals surface area contributed by atoms with Gasteiger partial charge in [0.15, 0.2) is 0 Å². The van der Waals surface area contributed by atoms with E-state index in [1.165, 1.54) is 63.7 Å². The number of hydrogen-bond acceptors (Lipinski definition) is 2. The fraction of sp³-hybridized carbons (Fsp3) is 0.310. The zero-order valence-corrected chi connectivity index (χ0v) is 19.2. The van der Waals surface area contributed by atoms with Crippen LogP contribution in [-0.2, 0) is 12.8 Å². The molecule has 166 valence electrons. The minimum atomic E-state index is 0.342. The summed E-state index contributed by atoms with van der Waals surface area (Å²) in [6.45, 7) is 6.37. The molecule has 0 fully saturated rings. The summed E-state index contributed by atoms with van der Waals surface area (Å²) in [7, 11) is 0. The molecular formula is C29H34N2O. The molecular weight excluding hydrogens is 392 g/mol. The maximum atomic E-state index is 9.37. The molecule has 0 aliphatic heterocycles. The van der Waals surface area contributed by atoms with Crippen molar-refractivity contribution in [1.82, 2.24) is 10.3 Å². The van der Waals surface area contributed by atoms with Crippen LogP contribution in [0.5, 0.6) is 5.75 Å². The second-order valence-corrected chi connectivity index (χ2v) is 8.88. The summed E-state index contributed by atoms with van der Waals surface area (Å²) in [6.07, 6.45) is 5.69. The molecule has 1 heterocycles. The summed E-state index contributed by atoms with van der Waals surface area (Å²) in [5.74, 6) is 0.342. The Bertz CT molecular complexity index is 1140. The first-order valence-corrected chi connectivity index (χ1v) is 11.8. The van der Waals surface area contributed by atoms with E-state index in [-0.39, 0.29) is 0 Å². The monoisotopic (exact) mass is 426 g/mol. The number of unbranched alkanes of at least 4 members (excludes halogenated alkanes) is 2. The highest BCUT2D eigenvalue weighted by Crippen LogP contribution is 2.31. The van der Waals surface area contributed by atoms with Crippen LogP contribution in [0.4, 0.5) is 0 Å². The van der Waals surface area contributed by atoms with E-state index in [4.69, 9.17) is 0 Å². The van der Waals surface area contributed by atoms with Crippen molar-refractivity contribution in [3.63, 3.8) is 0 Å². The number of para-hydroxylation sites is 1. The maximum absolute atomic E-state index is 9.37. The van der Waals surface area contributed by atoms with Gasteiger partial charge in [-0.1, -0.05) is 53.9 Å². The lowest BCUT2D eigenvalue weighted by atomic mass is 9.99. The van der Waals surface area contributed by atoms with Crippen LogP contribution in [-0.4, -0.2) is 23.2 Å². The van der Waals surface area contributed by atoms with E-state index >= 15 is 0 Å². The van der Waals surface area contributed by atoms with Gasteiger partial charge < -0.3 is 15.4 Å². The molecule has 3 nitrogen and oxygen atoms in total. The summed E-state index contributed by atoms with van der Waals surface area (Å²) in [4.78, 5) is 3.68. The number of phenolic OH excluding ortho intramolecular Hbond substituents is 1. The number of aromatic hydroxyl groups is 1. The van der Waals surface area contributed by atoms with Crippen LogP contribution >= 0.6 is 0 Å². The van der Waals surface area contributed by atoms with Gasteiger partial charge in [0.2, 0.25) is 0 Å². The summed E-state index contributed by atoms with van der Waals surface area (Å²) in [5.41, 5.74) is 9.06. The molecule has 0 bridgehead atoms. The Morgan fingerprint density at radius 2 is 1.53 bits per heavy atom. The average molecular weight is 427 g/mol. The predicted molar refractivity (Wildman–Crippen MR) is 135 cm³/mol. The van der Waals surface area contributed by atoms with Gasteiger partial charge in [-0.3, -0.25) is 0 Å². The van der Waals surface area contributed by atoms with Crippen molar-refractivity contribution in [1.29, 1.82) is 0 Å². The van der Waals surface area contributed by atoms with Gasteiger partial charge in [0.25, 0.3) is 0 Å². The quantitative estimate of drug-likeness (QED) is 0.247. The molecule has 0 saturated heterocycles. The number of aryl methyl sites for hydroxylation is 3. The number of fused-ring (bicyclic) bond motifs is 1. The van der Waals surface area contributed by atoms with E-state index in [0.717, 1.165) is 25.9 Å². The van der Waals surface area contributed by atoms with Gasteiger partial charge in [0.05, 0.1) is 0 Å². The van der Waals surface area contributed by atoms with E-state index < -0.39 is 0 Å². The van der Waals surface area contributed by atoms with Gasteiger partial charge in [-0.2, -0.15) is 0 Å². The first-order chi connectivity index (χ1) is 15.6. The van der Waals surface area contributed by atoms with Gasteiger partial charge in [-0.25, -0.2) is 0 Å². The fourth-order valence-electron chi connectivity index (χ4n) is 4.58. The molecule has 0 unspecified atom stereocenters. The third-order valence-electron chi connectivity index (χ3n) is 6.13. The standard InChI is InChI=1S/C29H34N2O/c1-21-18-22(2)20-24(19-21)29-27(26-9-5-6-10-28(26)31-29)15-17-30-16-7-3-4-8-23-11-13-25(32)14-12-23/h5-6,9-14,18-20,30-32H,3-4,7-8,15-17H2,1-2H3. The molecule has 3 N–H and O–H groups in total. The van der Waals surface area contributed by atoms with Crippen molar-refractivity contribution in [3.05, 3.63) is 89.0 Å². The summed E-state index contributed by atoms with van der Waals surface area (Å²) in [6, 6.07) is 23.0. The van der Waals surface area contributed by atoms with Crippen molar-refractivity contribution in [2.75, 3.05) is 13.1 Å². The molecule has 0 radical (unpaired) electrons. The number of H-pyrrole nitrogens is 1. The lowest BCUT2D eigenvalue weighted by molar-refractivity contribution is 0.475. The molecule has 0 aliphatic rings. The predicted octanol–water partition coefficient (Wildman–Crippen LogP) is 6.70. The van der Waals surface area contributed by atoms with Crippen LogP contribution in [0.1, 0.15) is 41.5 Å². The summed E-state index contributed by atoms with van der Waals surface area (Å²) < 4.78 is 0. The Kier molecular flexibility index (Phi) is 7.28. The first-order valence-electron chi connectivity index (χ1n) is 11.8. The largest absolute Gasteiger partial charge is 0.508 e. The Morgan fingerprint density at radius 1 is 0.781 bits per heavy atom. The van der Waals surface area contributed by atoms with Crippen LogP contribution in [0, 0.1) is 13.8 Å². The first kappa shape index (κ1) is 22.2. The zero-order chi connectivity index (χ0) is 22.3. The summed E-state index contributed by atoms with van der Waals surface area (Å²) >= 11 is 0. The minimum Gasteiger partial charge on any atom is -0.508 e. The van der Waals surface area contributed by atoms with Crippen LogP contribution in [0.2, 0.25) is 0 Å². The van der Waals surface area contributed by atoms with Crippen molar-refractivity contribution < 1.29 is 5.11 Å². The van der Waals surface area contributed by atoms with E-state index in [1.807, 2.05) is 12.1 Å².